The predicted molar refractivity (Wildman–Crippen MR) is 99.3 cm³/mol. The highest BCUT2D eigenvalue weighted by molar-refractivity contribution is 6.32. The molecular weight excluding hydrogens is 344 g/mol. The number of nitrogens with zero attached hydrogens (tertiary/aromatic N) is 2. The second kappa shape index (κ2) is 8.53. The van der Waals surface area contributed by atoms with Gasteiger partial charge in [-0.15, -0.1) is 0 Å². The third-order valence-electron chi connectivity index (χ3n) is 3.27. The van der Waals surface area contributed by atoms with Gasteiger partial charge in [0, 0.05) is 6.07 Å². The van der Waals surface area contributed by atoms with E-state index in [1.165, 1.54) is 13.2 Å². The lowest BCUT2D eigenvalue weighted by molar-refractivity contribution is 0.311. The predicted octanol–water partition coefficient (Wildman–Crippen LogP) is 3.40. The smallest absolute Gasteiger partial charge is 0.252 e. The summed E-state index contributed by atoms with van der Waals surface area (Å²) in [5.74, 6) is 1.43. The van der Waals surface area contributed by atoms with Crippen LogP contribution in [0.25, 0.3) is 0 Å². The van der Waals surface area contributed by atoms with Crippen LogP contribution in [0.5, 0.6) is 11.5 Å². The summed E-state index contributed by atoms with van der Waals surface area (Å²) < 4.78 is 10.8. The number of rotatable bonds is 7. The molecule has 25 heavy (non-hydrogen) atoms. The molecule has 2 aromatic rings. The van der Waals surface area contributed by atoms with Crippen LogP contribution in [-0.2, 0) is 0 Å². The van der Waals surface area contributed by atoms with Gasteiger partial charge in [0.1, 0.15) is 0 Å². The van der Waals surface area contributed by atoms with Crippen molar-refractivity contribution >= 4 is 23.8 Å². The fourth-order valence-electron chi connectivity index (χ4n) is 2.12. The van der Waals surface area contributed by atoms with Gasteiger partial charge in [0.2, 0.25) is 5.95 Å². The number of hydrogen-bond donors (Lipinski definition) is 2. The molecule has 0 bridgehead atoms. The molecule has 0 saturated heterocycles. The second-order valence-electron chi connectivity index (χ2n) is 5.51. The lowest BCUT2D eigenvalue weighted by Gasteiger charge is -2.11. The number of hydrogen-bond acceptors (Lipinski definition) is 6. The minimum Gasteiger partial charge on any atom is -0.491 e. The van der Waals surface area contributed by atoms with Crippen LogP contribution >= 0.6 is 11.6 Å². The van der Waals surface area contributed by atoms with Crippen LogP contribution in [-0.4, -0.2) is 29.9 Å². The Bertz CT molecular complexity index is 818. The van der Waals surface area contributed by atoms with Crippen LogP contribution in [0.2, 0.25) is 5.02 Å². The Morgan fingerprint density at radius 3 is 2.80 bits per heavy atom. The third kappa shape index (κ3) is 4.96. The SMILES string of the molecule is CCOc1cc(/C=N\Nc2nc(C(C)C)cc(=O)[nH]2)cc(Cl)c1OC. The summed E-state index contributed by atoms with van der Waals surface area (Å²) in [5, 5.41) is 4.51. The molecule has 8 heteroatoms. The van der Waals surface area contributed by atoms with Crippen molar-refractivity contribution in [1.29, 1.82) is 0 Å². The van der Waals surface area contributed by atoms with Gasteiger partial charge in [-0.3, -0.25) is 9.78 Å². The standard InChI is InChI=1S/C17H21ClN4O3/c1-5-25-14-7-11(6-12(18)16(14)24-4)9-19-22-17-20-13(10(2)3)8-15(23)21-17/h6-10H,5H2,1-4H3,(H2,20,21,22,23)/b19-9-. The maximum atomic E-state index is 11.6. The zero-order chi connectivity index (χ0) is 18.4. The molecule has 0 spiro atoms. The van der Waals surface area contributed by atoms with Gasteiger partial charge in [0.25, 0.3) is 5.56 Å². The molecule has 0 amide bonds. The number of methoxy groups -OCH3 is 1. The molecule has 2 rings (SSSR count). The molecule has 7 nitrogen and oxygen atoms in total. The lowest BCUT2D eigenvalue weighted by atomic mass is 10.1. The minimum atomic E-state index is -0.234. The molecule has 0 aliphatic carbocycles. The van der Waals surface area contributed by atoms with E-state index in [4.69, 9.17) is 21.1 Å². The van der Waals surface area contributed by atoms with E-state index in [1.54, 1.807) is 18.3 Å². The Balaban J connectivity index is 2.21. The maximum Gasteiger partial charge on any atom is 0.252 e. The first-order valence-corrected chi connectivity index (χ1v) is 8.23. The van der Waals surface area contributed by atoms with Crippen LogP contribution in [0.1, 0.15) is 37.9 Å². The number of anilines is 1. The first-order valence-electron chi connectivity index (χ1n) is 7.85. The molecule has 2 N–H and O–H groups in total. The molecule has 1 heterocycles. The van der Waals surface area contributed by atoms with Crippen molar-refractivity contribution in [1.82, 2.24) is 9.97 Å². The zero-order valence-corrected chi connectivity index (χ0v) is 15.3. The van der Waals surface area contributed by atoms with Crippen LogP contribution in [0.3, 0.4) is 0 Å². The Labute approximate surface area is 151 Å². The third-order valence-corrected chi connectivity index (χ3v) is 3.55. The summed E-state index contributed by atoms with van der Waals surface area (Å²) in [7, 11) is 1.53. The molecule has 0 fully saturated rings. The molecule has 1 aromatic heterocycles. The minimum absolute atomic E-state index is 0.140. The van der Waals surface area contributed by atoms with Gasteiger partial charge in [-0.05, 0) is 30.5 Å². The molecule has 0 aliphatic rings. The molecule has 0 unspecified atom stereocenters. The summed E-state index contributed by atoms with van der Waals surface area (Å²) >= 11 is 6.20. The van der Waals surface area contributed by atoms with Crippen molar-refractivity contribution in [2.45, 2.75) is 26.7 Å². The van der Waals surface area contributed by atoms with E-state index in [0.29, 0.717) is 34.4 Å². The topological polar surface area (TPSA) is 88.6 Å². The first-order chi connectivity index (χ1) is 11.9. The van der Waals surface area contributed by atoms with E-state index in [2.05, 4.69) is 20.5 Å². The summed E-state index contributed by atoms with van der Waals surface area (Å²) in [5.41, 5.74) is 3.88. The van der Waals surface area contributed by atoms with Gasteiger partial charge in [0.15, 0.2) is 11.5 Å². The lowest BCUT2D eigenvalue weighted by Crippen LogP contribution is -2.12. The number of ether oxygens (including phenoxy) is 2. The van der Waals surface area contributed by atoms with Crippen LogP contribution in [0.4, 0.5) is 5.95 Å². The van der Waals surface area contributed by atoms with E-state index in [1.807, 2.05) is 20.8 Å². The Kier molecular flexibility index (Phi) is 6.41. The van der Waals surface area contributed by atoms with Gasteiger partial charge in [-0.25, -0.2) is 10.4 Å². The molecule has 134 valence electrons. The normalized spacial score (nSPS) is 11.1. The van der Waals surface area contributed by atoms with Gasteiger partial charge in [-0.1, -0.05) is 25.4 Å². The number of H-pyrrole nitrogens is 1. The zero-order valence-electron chi connectivity index (χ0n) is 14.6. The van der Waals surface area contributed by atoms with E-state index in [-0.39, 0.29) is 17.4 Å². The van der Waals surface area contributed by atoms with E-state index < -0.39 is 0 Å². The molecule has 0 saturated carbocycles. The Morgan fingerprint density at radius 1 is 1.40 bits per heavy atom. The monoisotopic (exact) mass is 364 g/mol. The summed E-state index contributed by atoms with van der Waals surface area (Å²) in [6.07, 6.45) is 1.55. The van der Waals surface area contributed by atoms with Crippen LogP contribution < -0.4 is 20.5 Å². The number of aromatic nitrogens is 2. The van der Waals surface area contributed by atoms with Gasteiger partial charge in [-0.2, -0.15) is 5.10 Å². The second-order valence-corrected chi connectivity index (χ2v) is 5.92. The molecular formula is C17H21ClN4O3. The number of halogens is 1. The number of hydrazone groups is 1. The molecule has 1 aromatic carbocycles. The fraction of sp³-hybridized carbons (Fsp3) is 0.353. The maximum absolute atomic E-state index is 11.6. The van der Waals surface area contributed by atoms with Crippen LogP contribution in [0.15, 0.2) is 28.1 Å². The van der Waals surface area contributed by atoms with Gasteiger partial charge < -0.3 is 9.47 Å². The highest BCUT2D eigenvalue weighted by atomic mass is 35.5. The van der Waals surface area contributed by atoms with E-state index in [0.717, 1.165) is 0 Å². The molecule has 0 atom stereocenters. The molecule has 0 aliphatic heterocycles. The summed E-state index contributed by atoms with van der Waals surface area (Å²) in [6, 6.07) is 4.94. The highest BCUT2D eigenvalue weighted by Crippen LogP contribution is 2.35. The van der Waals surface area contributed by atoms with E-state index >= 15 is 0 Å². The van der Waals surface area contributed by atoms with Gasteiger partial charge >= 0.3 is 0 Å². The average Bonchev–Trinajstić information content (AvgIpc) is 2.54. The summed E-state index contributed by atoms with van der Waals surface area (Å²) in [4.78, 5) is 18.5. The van der Waals surface area contributed by atoms with Crippen molar-refractivity contribution in [3.8, 4) is 11.5 Å². The fourth-order valence-corrected chi connectivity index (χ4v) is 2.41. The Morgan fingerprint density at radius 2 is 2.16 bits per heavy atom. The van der Waals surface area contributed by atoms with Crippen molar-refractivity contribution < 1.29 is 9.47 Å². The van der Waals surface area contributed by atoms with Crippen molar-refractivity contribution in [2.75, 3.05) is 19.1 Å². The number of nitrogens with one attached hydrogen (secondary N) is 2. The average molecular weight is 365 g/mol. The van der Waals surface area contributed by atoms with Crippen LogP contribution in [0, 0.1) is 0 Å². The first kappa shape index (κ1) is 18.8. The number of benzene rings is 1. The Hall–Kier alpha value is -2.54. The van der Waals surface area contributed by atoms with Crippen molar-refractivity contribution in [3.63, 3.8) is 0 Å². The van der Waals surface area contributed by atoms with Crippen molar-refractivity contribution in [3.05, 3.63) is 44.8 Å². The quantitative estimate of drug-likeness (QED) is 0.580. The molecule has 0 radical (unpaired) electrons. The summed E-state index contributed by atoms with van der Waals surface area (Å²) in [6.45, 7) is 6.28. The van der Waals surface area contributed by atoms with Crippen molar-refractivity contribution in [2.24, 2.45) is 5.10 Å². The van der Waals surface area contributed by atoms with Gasteiger partial charge in [0.05, 0.1) is 30.6 Å². The number of aromatic amines is 1. The highest BCUT2D eigenvalue weighted by Gasteiger charge is 2.10. The largest absolute Gasteiger partial charge is 0.491 e. The van der Waals surface area contributed by atoms with E-state index in [9.17, 15) is 4.79 Å².